The summed E-state index contributed by atoms with van der Waals surface area (Å²) in [6.45, 7) is 0. The van der Waals surface area contributed by atoms with Crippen LogP contribution in [0, 0.1) is 0 Å². The Morgan fingerprint density at radius 3 is 1.75 bits per heavy atom. The number of anilines is 3. The predicted molar refractivity (Wildman–Crippen MR) is 246 cm³/mol. The van der Waals surface area contributed by atoms with Crippen molar-refractivity contribution in [2.45, 2.75) is 5.41 Å². The Labute approximate surface area is 347 Å². The molecule has 0 saturated carbocycles. The molecule has 1 spiro atoms. The summed E-state index contributed by atoms with van der Waals surface area (Å²) < 4.78 is 13.8. The maximum Gasteiger partial charge on any atom is 0.140 e. The molecule has 1 aliphatic carbocycles. The number of fused-ring (bicyclic) bond motifs is 16. The van der Waals surface area contributed by atoms with E-state index >= 15 is 0 Å². The Morgan fingerprint density at radius 1 is 0.383 bits per heavy atom. The molecule has 2 aliphatic rings. The highest BCUT2D eigenvalue weighted by Gasteiger charge is 2.52. The molecule has 3 nitrogen and oxygen atoms in total. The molecule has 0 amide bonds. The Bertz CT molecular complexity index is 3460. The summed E-state index contributed by atoms with van der Waals surface area (Å²) >= 11 is 0. The van der Waals surface area contributed by atoms with Crippen LogP contribution >= 0.6 is 0 Å². The standard InChI is InChI=1S/C57H35NO2/c1-2-15-36(16-3-1)39-19-12-20-40(35-39)58(50-28-14-30-52-54(50)44-24-9-11-29-51(44)59-52)49-27-13-26-46-53(49)43-23-8-10-25-45(43)57(46)47-33-31-37-17-4-6-21-41(37)55(47)60-56-42-22-7-5-18-38(42)32-34-48(56)57/h1-35H. The third-order valence-electron chi connectivity index (χ3n) is 12.9. The summed E-state index contributed by atoms with van der Waals surface area (Å²) in [5.74, 6) is 1.82. The van der Waals surface area contributed by atoms with Gasteiger partial charge in [0.25, 0.3) is 0 Å². The maximum absolute atomic E-state index is 7.25. The molecule has 0 atom stereocenters. The molecule has 10 aromatic carbocycles. The van der Waals surface area contributed by atoms with E-state index in [2.05, 4.69) is 211 Å². The van der Waals surface area contributed by atoms with Crippen LogP contribution in [0.1, 0.15) is 22.3 Å². The number of hydrogen-bond acceptors (Lipinski definition) is 3. The summed E-state index contributed by atoms with van der Waals surface area (Å²) in [7, 11) is 0. The second-order valence-electron chi connectivity index (χ2n) is 15.9. The Hall–Kier alpha value is -7.88. The van der Waals surface area contributed by atoms with E-state index in [-0.39, 0.29) is 0 Å². The normalized spacial score (nSPS) is 13.3. The van der Waals surface area contributed by atoms with Gasteiger partial charge in [0.2, 0.25) is 0 Å². The van der Waals surface area contributed by atoms with Crippen molar-refractivity contribution in [1.82, 2.24) is 0 Å². The van der Waals surface area contributed by atoms with E-state index in [0.717, 1.165) is 88.7 Å². The van der Waals surface area contributed by atoms with Crippen LogP contribution in [0.2, 0.25) is 0 Å². The zero-order valence-electron chi connectivity index (χ0n) is 32.5. The second kappa shape index (κ2) is 12.6. The first-order valence-electron chi connectivity index (χ1n) is 20.6. The molecule has 0 fully saturated rings. The zero-order valence-corrected chi connectivity index (χ0v) is 32.5. The van der Waals surface area contributed by atoms with Crippen LogP contribution in [0.15, 0.2) is 217 Å². The summed E-state index contributed by atoms with van der Waals surface area (Å²) in [5, 5.41) is 6.68. The monoisotopic (exact) mass is 765 g/mol. The summed E-state index contributed by atoms with van der Waals surface area (Å²) in [5.41, 5.74) is 13.7. The average Bonchev–Trinajstić information content (AvgIpc) is 3.84. The van der Waals surface area contributed by atoms with Crippen LogP contribution in [0.4, 0.5) is 17.1 Å². The van der Waals surface area contributed by atoms with Gasteiger partial charge in [-0.3, -0.25) is 0 Å². The fourth-order valence-electron chi connectivity index (χ4n) is 10.4. The number of furan rings is 1. The average molecular weight is 766 g/mol. The smallest absolute Gasteiger partial charge is 0.140 e. The molecule has 60 heavy (non-hydrogen) atoms. The third kappa shape index (κ3) is 4.49. The van der Waals surface area contributed by atoms with Gasteiger partial charge in [-0.05, 0) is 75.0 Å². The van der Waals surface area contributed by atoms with Gasteiger partial charge in [0.05, 0.1) is 22.2 Å². The van der Waals surface area contributed by atoms with Crippen LogP contribution in [0.25, 0.3) is 65.7 Å². The van der Waals surface area contributed by atoms with Crippen molar-refractivity contribution in [2.75, 3.05) is 4.90 Å². The first kappa shape index (κ1) is 33.1. The number of ether oxygens (including phenoxy) is 1. The van der Waals surface area contributed by atoms with Crippen molar-refractivity contribution in [3.8, 4) is 33.8 Å². The van der Waals surface area contributed by atoms with Crippen molar-refractivity contribution in [1.29, 1.82) is 0 Å². The first-order chi connectivity index (χ1) is 29.8. The fraction of sp³-hybridized carbons (Fsp3) is 0.0175. The minimum atomic E-state index is -0.676. The number of nitrogens with zero attached hydrogens (tertiary/aromatic N) is 1. The molecule has 1 aromatic heterocycles. The number of benzene rings is 10. The van der Waals surface area contributed by atoms with Gasteiger partial charge in [-0.25, -0.2) is 0 Å². The number of para-hydroxylation sites is 1. The Kier molecular flexibility index (Phi) is 6.93. The van der Waals surface area contributed by atoms with Gasteiger partial charge in [0, 0.05) is 38.5 Å². The van der Waals surface area contributed by atoms with Gasteiger partial charge < -0.3 is 14.1 Å². The molecule has 11 aromatic rings. The van der Waals surface area contributed by atoms with E-state index < -0.39 is 5.41 Å². The highest BCUT2D eigenvalue weighted by atomic mass is 16.5. The number of rotatable bonds is 4. The SMILES string of the molecule is c1ccc(-c2cccc(N(c3cccc4c3-c3ccccc3C43c4ccc5ccccc5c4Oc4c3ccc3ccccc43)c3cccc4oc5ccccc5c34)c2)cc1. The lowest BCUT2D eigenvalue weighted by atomic mass is 9.65. The van der Waals surface area contributed by atoms with Gasteiger partial charge in [0.1, 0.15) is 22.7 Å². The van der Waals surface area contributed by atoms with E-state index in [1.165, 1.54) is 27.8 Å². The van der Waals surface area contributed by atoms with Crippen LogP contribution in [-0.4, -0.2) is 0 Å². The molecule has 3 heteroatoms. The molecule has 0 N–H and O–H groups in total. The first-order valence-corrected chi connectivity index (χ1v) is 20.6. The van der Waals surface area contributed by atoms with E-state index in [9.17, 15) is 0 Å². The predicted octanol–water partition coefficient (Wildman–Crippen LogP) is 15.5. The van der Waals surface area contributed by atoms with Gasteiger partial charge in [-0.1, -0.05) is 176 Å². The molecular formula is C57H35NO2. The summed E-state index contributed by atoms with van der Waals surface area (Å²) in [6.07, 6.45) is 0. The number of hydrogen-bond donors (Lipinski definition) is 0. The molecule has 1 aliphatic heterocycles. The highest BCUT2D eigenvalue weighted by Crippen LogP contribution is 2.65. The third-order valence-corrected chi connectivity index (χ3v) is 12.9. The molecule has 0 saturated heterocycles. The molecular weight excluding hydrogens is 731 g/mol. The van der Waals surface area contributed by atoms with Crippen LogP contribution in [0.3, 0.4) is 0 Å². The van der Waals surface area contributed by atoms with E-state index in [1.54, 1.807) is 0 Å². The van der Waals surface area contributed by atoms with Crippen LogP contribution in [-0.2, 0) is 5.41 Å². The van der Waals surface area contributed by atoms with E-state index in [4.69, 9.17) is 9.15 Å². The van der Waals surface area contributed by atoms with Gasteiger partial charge in [0.15, 0.2) is 0 Å². The minimum Gasteiger partial charge on any atom is -0.456 e. The quantitative estimate of drug-likeness (QED) is 0.178. The van der Waals surface area contributed by atoms with Crippen molar-refractivity contribution in [3.05, 3.63) is 235 Å². The lowest BCUT2D eigenvalue weighted by Crippen LogP contribution is -2.32. The van der Waals surface area contributed by atoms with Crippen molar-refractivity contribution >= 4 is 60.5 Å². The fourth-order valence-corrected chi connectivity index (χ4v) is 10.4. The largest absolute Gasteiger partial charge is 0.456 e. The Balaban J connectivity index is 1.17. The van der Waals surface area contributed by atoms with Gasteiger partial charge in [-0.2, -0.15) is 0 Å². The van der Waals surface area contributed by atoms with Crippen molar-refractivity contribution < 1.29 is 9.15 Å². The Morgan fingerprint density at radius 2 is 0.967 bits per heavy atom. The lowest BCUT2D eigenvalue weighted by Gasteiger charge is -2.40. The van der Waals surface area contributed by atoms with Gasteiger partial charge in [-0.15, -0.1) is 0 Å². The molecule has 0 unspecified atom stereocenters. The molecule has 13 rings (SSSR count). The molecule has 0 radical (unpaired) electrons. The minimum absolute atomic E-state index is 0.676. The van der Waals surface area contributed by atoms with Gasteiger partial charge >= 0.3 is 0 Å². The second-order valence-corrected chi connectivity index (χ2v) is 15.9. The molecule has 280 valence electrons. The van der Waals surface area contributed by atoms with Crippen molar-refractivity contribution in [3.63, 3.8) is 0 Å². The maximum atomic E-state index is 7.25. The molecule has 0 bridgehead atoms. The van der Waals surface area contributed by atoms with E-state index in [0.29, 0.717) is 0 Å². The van der Waals surface area contributed by atoms with E-state index in [1.807, 2.05) is 6.07 Å². The zero-order chi connectivity index (χ0) is 39.4. The van der Waals surface area contributed by atoms with Crippen LogP contribution < -0.4 is 9.64 Å². The molecule has 2 heterocycles. The lowest BCUT2D eigenvalue weighted by molar-refractivity contribution is 0.447. The summed E-state index contributed by atoms with van der Waals surface area (Å²) in [4.78, 5) is 2.47. The van der Waals surface area contributed by atoms with Crippen LogP contribution in [0.5, 0.6) is 11.5 Å². The van der Waals surface area contributed by atoms with Crippen molar-refractivity contribution in [2.24, 2.45) is 0 Å². The topological polar surface area (TPSA) is 25.6 Å². The highest BCUT2D eigenvalue weighted by molar-refractivity contribution is 6.14. The summed E-state index contributed by atoms with van der Waals surface area (Å²) in [6, 6.07) is 76.7.